The lowest BCUT2D eigenvalue weighted by Crippen LogP contribution is -2.47. The first-order valence-corrected chi connectivity index (χ1v) is 23.4. The number of hydrogen-bond acceptors (Lipinski definition) is 13. The van der Waals surface area contributed by atoms with E-state index in [1.54, 1.807) is 41.8 Å². The van der Waals surface area contributed by atoms with Crippen LogP contribution in [0.1, 0.15) is 74.4 Å². The quantitative estimate of drug-likeness (QED) is 0.0720. The first-order valence-electron chi connectivity index (χ1n) is 21.0. The topological polar surface area (TPSA) is 181 Å². The number of hydrogen-bond donors (Lipinski definition) is 3. The van der Waals surface area contributed by atoms with Gasteiger partial charge in [0, 0.05) is 68.7 Å². The molecule has 5 aromatic rings. The first-order chi connectivity index (χ1) is 29.7. The molecule has 1 aliphatic carbocycles. The Labute approximate surface area is 365 Å². The molecule has 2 aromatic carbocycles. The highest BCUT2D eigenvalue weighted by molar-refractivity contribution is 7.90. The maximum Gasteiger partial charge on any atom is 0.293 e. The number of nitro groups is 1. The number of carbonyl (C=O) groups is 1. The summed E-state index contributed by atoms with van der Waals surface area (Å²) in [6.45, 7) is 14.8. The summed E-state index contributed by atoms with van der Waals surface area (Å²) in [5, 5.41) is 20.4. The third-order valence-corrected chi connectivity index (χ3v) is 14.0. The number of allylic oxidation sites excluding steroid dienone is 1. The van der Waals surface area contributed by atoms with Gasteiger partial charge in [0.2, 0.25) is 0 Å². The molecule has 62 heavy (non-hydrogen) atoms. The molecule has 2 saturated heterocycles. The number of rotatable bonds is 14. The van der Waals surface area contributed by atoms with Crippen LogP contribution in [0.5, 0.6) is 11.5 Å². The largest absolute Gasteiger partial charge is 0.455 e. The summed E-state index contributed by atoms with van der Waals surface area (Å²) in [6, 6.07) is 12.1. The molecule has 8 rings (SSSR count). The third-order valence-electron chi connectivity index (χ3n) is 11.9. The molecule has 0 radical (unpaired) electrons. The average molecular weight is 884 g/mol. The fourth-order valence-corrected chi connectivity index (χ4v) is 10.4. The van der Waals surface area contributed by atoms with Crippen LogP contribution in [0.3, 0.4) is 0 Å². The second-order valence-electron chi connectivity index (χ2n) is 17.3. The smallest absolute Gasteiger partial charge is 0.293 e. The zero-order chi connectivity index (χ0) is 43.6. The molecule has 5 heterocycles. The van der Waals surface area contributed by atoms with Crippen LogP contribution in [0.4, 0.5) is 17.1 Å². The van der Waals surface area contributed by atoms with Gasteiger partial charge in [0.15, 0.2) is 0 Å². The second-order valence-corrected chi connectivity index (χ2v) is 19.7. The van der Waals surface area contributed by atoms with Crippen LogP contribution in [0.15, 0.2) is 82.2 Å². The molecule has 1 amide bonds. The van der Waals surface area contributed by atoms with Crippen molar-refractivity contribution in [2.75, 3.05) is 69.3 Å². The van der Waals surface area contributed by atoms with E-state index in [9.17, 15) is 23.3 Å². The van der Waals surface area contributed by atoms with E-state index in [4.69, 9.17) is 14.2 Å². The molecule has 0 spiro atoms. The standard InChI is InChI=1S/C45H53N7O8S2/c1-29(2)38-27-61-28-39(38)37-22-45(3,4)11-9-31(37)25-50-13-15-51(16-14-50)32-5-7-36(42(20-32)60-33-19-30-10-12-46-43(30)48-23-33)44(53)49-62(56,57)35-6-8-40(41(21-35)52(54)55)47-24-34-26-58-17-18-59-34/h5-8,10,12,19-21,23,27-29,34,47H,9,11,13-18,22,24-26H2,1-4H3,(H,46,48)(H,49,53). The van der Waals surface area contributed by atoms with Gasteiger partial charge < -0.3 is 29.4 Å². The van der Waals surface area contributed by atoms with E-state index in [2.05, 4.69) is 68.3 Å². The van der Waals surface area contributed by atoms with Gasteiger partial charge in [-0.3, -0.25) is 19.8 Å². The summed E-state index contributed by atoms with van der Waals surface area (Å²) in [7, 11) is -4.58. The summed E-state index contributed by atoms with van der Waals surface area (Å²) in [5.41, 5.74) is 7.24. The molecule has 1 atom stereocenters. The minimum atomic E-state index is -4.58. The van der Waals surface area contributed by atoms with Crippen LogP contribution in [0.2, 0.25) is 0 Å². The van der Waals surface area contributed by atoms with Gasteiger partial charge in [0.05, 0.1) is 47.5 Å². The van der Waals surface area contributed by atoms with Crippen LogP contribution in [0.25, 0.3) is 16.6 Å². The Morgan fingerprint density at radius 2 is 1.92 bits per heavy atom. The molecule has 0 bridgehead atoms. The summed E-state index contributed by atoms with van der Waals surface area (Å²) in [5.74, 6) is -0.0110. The van der Waals surface area contributed by atoms with E-state index < -0.39 is 31.4 Å². The lowest BCUT2D eigenvalue weighted by molar-refractivity contribution is -0.384. The number of pyridine rings is 1. The van der Waals surface area contributed by atoms with Gasteiger partial charge in [-0.1, -0.05) is 33.3 Å². The number of thiophene rings is 1. The highest BCUT2D eigenvalue weighted by Gasteiger charge is 2.32. The van der Waals surface area contributed by atoms with Crippen molar-refractivity contribution in [3.05, 3.63) is 104 Å². The molecule has 3 aromatic heterocycles. The van der Waals surface area contributed by atoms with Crippen molar-refractivity contribution in [2.24, 2.45) is 5.41 Å². The average Bonchev–Trinajstić information content (AvgIpc) is 3.94. The number of nitrogens with zero attached hydrogens (tertiary/aromatic N) is 4. The van der Waals surface area contributed by atoms with Crippen molar-refractivity contribution >= 4 is 60.9 Å². The molecule has 1 unspecified atom stereocenters. The van der Waals surface area contributed by atoms with Gasteiger partial charge in [-0.15, -0.1) is 0 Å². The van der Waals surface area contributed by atoms with Crippen LogP contribution in [-0.4, -0.2) is 99.3 Å². The Bertz CT molecular complexity index is 2590. The van der Waals surface area contributed by atoms with Gasteiger partial charge in [-0.05, 0) is 94.5 Å². The van der Waals surface area contributed by atoms with Crippen molar-refractivity contribution < 1.29 is 32.3 Å². The molecular formula is C45H53N7O8S2. The van der Waals surface area contributed by atoms with Gasteiger partial charge in [-0.25, -0.2) is 18.1 Å². The van der Waals surface area contributed by atoms with E-state index in [1.807, 2.05) is 6.07 Å². The number of H-pyrrole nitrogens is 1. The zero-order valence-electron chi connectivity index (χ0n) is 35.4. The van der Waals surface area contributed by atoms with Crippen LogP contribution in [0, 0.1) is 15.5 Å². The van der Waals surface area contributed by atoms with Gasteiger partial charge in [-0.2, -0.15) is 11.3 Å². The third kappa shape index (κ3) is 9.81. The number of anilines is 2. The molecule has 328 valence electrons. The zero-order valence-corrected chi connectivity index (χ0v) is 37.1. The van der Waals surface area contributed by atoms with Gasteiger partial charge in [0.1, 0.15) is 22.8 Å². The van der Waals surface area contributed by atoms with Crippen LogP contribution >= 0.6 is 11.3 Å². The number of nitrogens with one attached hydrogen (secondary N) is 3. The highest BCUT2D eigenvalue weighted by atomic mass is 32.2. The molecule has 3 aliphatic rings. The molecule has 2 aliphatic heterocycles. The fourth-order valence-electron chi connectivity index (χ4n) is 8.40. The number of carbonyl (C=O) groups excluding carboxylic acids is 1. The predicted molar refractivity (Wildman–Crippen MR) is 241 cm³/mol. The first kappa shape index (κ1) is 43.3. The minimum Gasteiger partial charge on any atom is -0.455 e. The van der Waals surface area contributed by atoms with E-state index in [1.165, 1.54) is 47.0 Å². The van der Waals surface area contributed by atoms with Gasteiger partial charge in [0.25, 0.3) is 21.6 Å². The lowest BCUT2D eigenvalue weighted by Gasteiger charge is -2.39. The normalized spacial score (nSPS) is 18.6. The summed E-state index contributed by atoms with van der Waals surface area (Å²) < 4.78 is 46.8. The number of nitro benzene ring substituents is 1. The lowest BCUT2D eigenvalue weighted by atomic mass is 9.72. The van der Waals surface area contributed by atoms with Crippen molar-refractivity contribution in [2.45, 2.75) is 63.9 Å². The molecular weight excluding hydrogens is 831 g/mol. The molecule has 0 saturated carbocycles. The van der Waals surface area contributed by atoms with E-state index in [-0.39, 0.29) is 35.1 Å². The number of fused-ring (bicyclic) bond motifs is 1. The maximum atomic E-state index is 13.9. The van der Waals surface area contributed by atoms with Crippen molar-refractivity contribution in [1.29, 1.82) is 0 Å². The number of ether oxygens (including phenoxy) is 3. The molecule has 17 heteroatoms. The van der Waals surface area contributed by atoms with E-state index in [0.717, 1.165) is 62.7 Å². The number of aromatic nitrogens is 2. The number of piperazine rings is 1. The Hall–Kier alpha value is -5.33. The number of sulfonamides is 1. The molecule has 2 fully saturated rings. The number of aromatic amines is 1. The van der Waals surface area contributed by atoms with E-state index >= 15 is 0 Å². The van der Waals surface area contributed by atoms with Crippen molar-refractivity contribution in [3.8, 4) is 11.5 Å². The maximum absolute atomic E-state index is 13.9. The van der Waals surface area contributed by atoms with Crippen LogP contribution < -0.4 is 19.7 Å². The highest BCUT2D eigenvalue weighted by Crippen LogP contribution is 2.46. The summed E-state index contributed by atoms with van der Waals surface area (Å²) >= 11 is 1.79. The van der Waals surface area contributed by atoms with Crippen LogP contribution in [-0.2, 0) is 19.5 Å². The fraction of sp³-hybridized carbons (Fsp3) is 0.422. The van der Waals surface area contributed by atoms with Gasteiger partial charge >= 0.3 is 0 Å². The van der Waals surface area contributed by atoms with Crippen molar-refractivity contribution in [3.63, 3.8) is 0 Å². The molecule has 15 nitrogen and oxygen atoms in total. The Kier molecular flexibility index (Phi) is 12.7. The minimum absolute atomic E-state index is 0.0403. The summed E-state index contributed by atoms with van der Waals surface area (Å²) in [4.78, 5) is 37.1. The van der Waals surface area contributed by atoms with Crippen molar-refractivity contribution in [1.82, 2.24) is 19.6 Å². The predicted octanol–water partition coefficient (Wildman–Crippen LogP) is 8.18. The molecule has 3 N–H and O–H groups in total. The Balaban J connectivity index is 1.01. The Morgan fingerprint density at radius 1 is 1.10 bits per heavy atom. The van der Waals surface area contributed by atoms with E-state index in [0.29, 0.717) is 37.1 Å². The second kappa shape index (κ2) is 18.2. The SMILES string of the molecule is CC(C)c1cscc1C1=C(CN2CCN(c3ccc(C(=O)NS(=O)(=O)c4ccc(NCC5COCCO5)c([N+](=O)[O-])c4)c(Oc4cnc5[nH]ccc5c4)c3)CC2)CCC(C)(C)C1. The number of benzene rings is 2. The number of amides is 1. The Morgan fingerprint density at radius 3 is 2.68 bits per heavy atom. The summed E-state index contributed by atoms with van der Waals surface area (Å²) in [6.07, 6.45) is 6.30. The monoisotopic (exact) mass is 883 g/mol.